The van der Waals surface area contributed by atoms with E-state index in [2.05, 4.69) is 34.6 Å². The summed E-state index contributed by atoms with van der Waals surface area (Å²) in [4.78, 5) is 0. The summed E-state index contributed by atoms with van der Waals surface area (Å²) in [5.41, 5.74) is -0.140. The highest BCUT2D eigenvalue weighted by Gasteiger charge is 2.44. The van der Waals surface area contributed by atoms with Crippen LogP contribution in [-0.4, -0.2) is 10.7 Å². The summed E-state index contributed by atoms with van der Waals surface area (Å²) in [6.07, 6.45) is 8.18. The van der Waals surface area contributed by atoms with Gasteiger partial charge in [0.1, 0.15) is 0 Å². The van der Waals surface area contributed by atoms with Crippen LogP contribution in [0.25, 0.3) is 0 Å². The van der Waals surface area contributed by atoms with Gasteiger partial charge in [0.05, 0.1) is 5.60 Å². The Kier molecular flexibility index (Phi) is 5.07. The van der Waals surface area contributed by atoms with E-state index in [1.807, 2.05) is 0 Å². The van der Waals surface area contributed by atoms with Crippen molar-refractivity contribution in [3.8, 4) is 0 Å². The number of aliphatic hydroxyl groups is 1. The Bertz CT molecular complexity index is 226. The van der Waals surface area contributed by atoms with Gasteiger partial charge >= 0.3 is 0 Å². The highest BCUT2D eigenvalue weighted by atomic mass is 16.3. The third kappa shape index (κ3) is 4.28. The van der Waals surface area contributed by atoms with Crippen LogP contribution >= 0.6 is 0 Å². The van der Waals surface area contributed by atoms with E-state index in [4.69, 9.17) is 0 Å². The van der Waals surface area contributed by atoms with Crippen LogP contribution in [0.1, 0.15) is 79.6 Å². The van der Waals surface area contributed by atoms with Crippen molar-refractivity contribution in [1.82, 2.24) is 0 Å². The van der Waals surface area contributed by atoms with Crippen LogP contribution in [-0.2, 0) is 0 Å². The average molecular weight is 240 g/mol. The van der Waals surface area contributed by atoms with E-state index < -0.39 is 0 Å². The van der Waals surface area contributed by atoms with Crippen LogP contribution in [0.15, 0.2) is 0 Å². The SMILES string of the molecule is CC(C)CCCC1(O)CCCCC1C(C)(C)C. The monoisotopic (exact) mass is 240 g/mol. The topological polar surface area (TPSA) is 20.2 Å². The predicted octanol–water partition coefficient (Wildman–Crippen LogP) is 4.78. The van der Waals surface area contributed by atoms with Crippen molar-refractivity contribution in [3.05, 3.63) is 0 Å². The quantitative estimate of drug-likeness (QED) is 0.749. The van der Waals surface area contributed by atoms with Crippen LogP contribution in [0.4, 0.5) is 0 Å². The molecule has 0 aliphatic heterocycles. The lowest BCUT2D eigenvalue weighted by Gasteiger charge is -2.47. The molecule has 1 aliphatic rings. The van der Waals surface area contributed by atoms with Crippen molar-refractivity contribution < 1.29 is 5.11 Å². The Morgan fingerprint density at radius 3 is 2.41 bits per heavy atom. The lowest BCUT2D eigenvalue weighted by molar-refractivity contribution is -0.0963. The lowest BCUT2D eigenvalue weighted by Crippen LogP contribution is -2.46. The summed E-state index contributed by atoms with van der Waals surface area (Å²) in [5.74, 6) is 1.24. The first-order valence-corrected chi connectivity index (χ1v) is 7.48. The van der Waals surface area contributed by atoms with Crippen molar-refractivity contribution in [2.45, 2.75) is 85.2 Å². The van der Waals surface area contributed by atoms with Crippen LogP contribution in [0.3, 0.4) is 0 Å². The minimum atomic E-state index is -0.384. The maximum absolute atomic E-state index is 11.0. The molecular weight excluding hydrogens is 208 g/mol. The lowest BCUT2D eigenvalue weighted by atomic mass is 9.62. The largest absolute Gasteiger partial charge is 0.390 e. The van der Waals surface area contributed by atoms with E-state index in [1.54, 1.807) is 0 Å². The van der Waals surface area contributed by atoms with E-state index >= 15 is 0 Å². The second kappa shape index (κ2) is 5.73. The molecule has 0 aromatic carbocycles. The predicted molar refractivity (Wildman–Crippen MR) is 75.1 cm³/mol. The number of rotatable bonds is 4. The van der Waals surface area contributed by atoms with E-state index in [1.165, 1.54) is 32.1 Å². The molecule has 0 bridgehead atoms. The van der Waals surface area contributed by atoms with E-state index in [-0.39, 0.29) is 11.0 Å². The summed E-state index contributed by atoms with van der Waals surface area (Å²) in [6.45, 7) is 11.4. The molecule has 1 nitrogen and oxygen atoms in total. The van der Waals surface area contributed by atoms with Gasteiger partial charge in [-0.15, -0.1) is 0 Å². The van der Waals surface area contributed by atoms with Gasteiger partial charge in [-0.3, -0.25) is 0 Å². The minimum Gasteiger partial charge on any atom is -0.390 e. The molecule has 0 radical (unpaired) electrons. The third-order valence-electron chi connectivity index (χ3n) is 4.44. The van der Waals surface area contributed by atoms with Gasteiger partial charge in [-0.1, -0.05) is 60.3 Å². The van der Waals surface area contributed by atoms with E-state index in [0.29, 0.717) is 5.92 Å². The molecule has 17 heavy (non-hydrogen) atoms. The minimum absolute atomic E-state index is 0.243. The molecule has 2 atom stereocenters. The van der Waals surface area contributed by atoms with Gasteiger partial charge in [-0.05, 0) is 36.5 Å². The Labute approximate surface area is 108 Å². The van der Waals surface area contributed by atoms with Crippen molar-refractivity contribution in [2.75, 3.05) is 0 Å². The van der Waals surface area contributed by atoms with Gasteiger partial charge in [-0.2, -0.15) is 0 Å². The fraction of sp³-hybridized carbons (Fsp3) is 1.00. The van der Waals surface area contributed by atoms with Crippen LogP contribution < -0.4 is 0 Å². The summed E-state index contributed by atoms with van der Waals surface area (Å²) in [5, 5.41) is 11.0. The zero-order chi connectivity index (χ0) is 13.1. The third-order valence-corrected chi connectivity index (χ3v) is 4.44. The molecule has 0 aromatic rings. The standard InChI is InChI=1S/C16H32O/c1-13(2)9-8-12-16(17)11-7-6-10-14(16)15(3,4)5/h13-14,17H,6-12H2,1-5H3. The zero-order valence-electron chi connectivity index (χ0n) is 12.6. The Morgan fingerprint density at radius 1 is 1.24 bits per heavy atom. The van der Waals surface area contributed by atoms with Crippen LogP contribution in [0, 0.1) is 17.3 Å². The molecule has 1 heteroatoms. The molecule has 1 fully saturated rings. The normalized spacial score (nSPS) is 30.9. The molecule has 0 saturated heterocycles. The van der Waals surface area contributed by atoms with E-state index in [9.17, 15) is 5.11 Å². The van der Waals surface area contributed by atoms with Gasteiger partial charge in [0, 0.05) is 0 Å². The Hall–Kier alpha value is -0.0400. The zero-order valence-corrected chi connectivity index (χ0v) is 12.6. The molecule has 1 saturated carbocycles. The maximum atomic E-state index is 11.0. The van der Waals surface area contributed by atoms with Crippen molar-refractivity contribution in [2.24, 2.45) is 17.3 Å². The molecule has 1 aliphatic carbocycles. The highest BCUT2D eigenvalue weighted by molar-refractivity contribution is 4.95. The molecule has 0 heterocycles. The second-order valence-electron chi connectivity index (χ2n) is 7.55. The average Bonchev–Trinajstić information content (AvgIpc) is 2.15. The van der Waals surface area contributed by atoms with E-state index in [0.717, 1.165) is 18.8 Å². The van der Waals surface area contributed by atoms with Crippen LogP contribution in [0.5, 0.6) is 0 Å². The molecular formula is C16H32O. The summed E-state index contributed by atoms with van der Waals surface area (Å²) in [7, 11) is 0. The first kappa shape index (κ1) is 15.0. The molecule has 1 rings (SSSR count). The smallest absolute Gasteiger partial charge is 0.0680 e. The van der Waals surface area contributed by atoms with Gasteiger partial charge < -0.3 is 5.11 Å². The molecule has 0 aromatic heterocycles. The summed E-state index contributed by atoms with van der Waals surface area (Å²) < 4.78 is 0. The van der Waals surface area contributed by atoms with Crippen molar-refractivity contribution in [1.29, 1.82) is 0 Å². The fourth-order valence-electron chi connectivity index (χ4n) is 3.58. The van der Waals surface area contributed by atoms with Gasteiger partial charge in [-0.25, -0.2) is 0 Å². The maximum Gasteiger partial charge on any atom is 0.0680 e. The van der Waals surface area contributed by atoms with Gasteiger partial charge in [0.25, 0.3) is 0 Å². The Morgan fingerprint density at radius 2 is 1.88 bits per heavy atom. The molecule has 0 amide bonds. The van der Waals surface area contributed by atoms with Gasteiger partial charge in [0.15, 0.2) is 0 Å². The molecule has 1 N–H and O–H groups in total. The number of hydrogen-bond donors (Lipinski definition) is 1. The first-order valence-electron chi connectivity index (χ1n) is 7.48. The Balaban J connectivity index is 2.61. The first-order chi connectivity index (χ1) is 7.76. The summed E-state index contributed by atoms with van der Waals surface area (Å²) in [6, 6.07) is 0. The fourth-order valence-corrected chi connectivity index (χ4v) is 3.58. The number of hydrogen-bond acceptors (Lipinski definition) is 1. The summed E-state index contributed by atoms with van der Waals surface area (Å²) >= 11 is 0. The highest BCUT2D eigenvalue weighted by Crippen LogP contribution is 2.46. The molecule has 102 valence electrons. The van der Waals surface area contributed by atoms with Crippen LogP contribution in [0.2, 0.25) is 0 Å². The van der Waals surface area contributed by atoms with Gasteiger partial charge in [0.2, 0.25) is 0 Å². The van der Waals surface area contributed by atoms with Crippen molar-refractivity contribution >= 4 is 0 Å². The molecule has 0 spiro atoms. The van der Waals surface area contributed by atoms with Crippen molar-refractivity contribution in [3.63, 3.8) is 0 Å². The molecule has 2 unspecified atom stereocenters. The second-order valence-corrected chi connectivity index (χ2v) is 7.55.